The Balaban J connectivity index is 1.32. The standard InChI is InChI=1S/C20H20O6/c21-20-15(6-13-2-4-17-19(8-13)26-11-24-17)14(9-22-20)5-12-1-3-16-18(7-12)25-10-23-16/h1-4,7-8,14-15,20-21H,5-6,9-11H2/t14-,15+,20?/m1/s1. The summed E-state index contributed by atoms with van der Waals surface area (Å²) in [6.07, 6.45) is 0.801. The molecule has 6 heteroatoms. The highest BCUT2D eigenvalue weighted by Crippen LogP contribution is 2.38. The molecule has 6 nitrogen and oxygen atoms in total. The van der Waals surface area contributed by atoms with Crippen LogP contribution in [0.4, 0.5) is 0 Å². The number of fused-ring (bicyclic) bond motifs is 2. The predicted octanol–water partition coefficient (Wildman–Crippen LogP) is 2.51. The Hall–Kier alpha value is -2.44. The minimum atomic E-state index is -0.751. The van der Waals surface area contributed by atoms with E-state index in [2.05, 4.69) is 6.07 Å². The fourth-order valence-corrected chi connectivity index (χ4v) is 3.89. The highest BCUT2D eigenvalue weighted by atomic mass is 16.7. The first kappa shape index (κ1) is 15.8. The number of ether oxygens (including phenoxy) is 5. The molecule has 0 aromatic heterocycles. The van der Waals surface area contributed by atoms with Crippen LogP contribution in [0.25, 0.3) is 0 Å². The summed E-state index contributed by atoms with van der Waals surface area (Å²) >= 11 is 0. The van der Waals surface area contributed by atoms with E-state index in [1.165, 1.54) is 0 Å². The second kappa shape index (κ2) is 6.37. The van der Waals surface area contributed by atoms with Gasteiger partial charge in [0, 0.05) is 5.92 Å². The minimum Gasteiger partial charge on any atom is -0.454 e. The molecule has 0 saturated carbocycles. The smallest absolute Gasteiger partial charge is 0.231 e. The van der Waals surface area contributed by atoms with Crippen molar-refractivity contribution in [2.45, 2.75) is 19.1 Å². The number of rotatable bonds is 4. The van der Waals surface area contributed by atoms with Crippen LogP contribution in [0.5, 0.6) is 23.0 Å². The summed E-state index contributed by atoms with van der Waals surface area (Å²) in [5.74, 6) is 3.37. The molecular weight excluding hydrogens is 336 g/mol. The molecule has 2 aromatic carbocycles. The quantitative estimate of drug-likeness (QED) is 0.908. The highest BCUT2D eigenvalue weighted by Gasteiger charge is 2.36. The van der Waals surface area contributed by atoms with Crippen molar-refractivity contribution in [2.75, 3.05) is 20.2 Å². The van der Waals surface area contributed by atoms with Crippen LogP contribution in [0.2, 0.25) is 0 Å². The second-order valence-corrected chi connectivity index (χ2v) is 6.93. The number of hydrogen-bond donors (Lipinski definition) is 1. The summed E-state index contributed by atoms with van der Waals surface area (Å²) in [5, 5.41) is 10.3. The van der Waals surface area contributed by atoms with Crippen LogP contribution in [0.3, 0.4) is 0 Å². The molecule has 3 aliphatic heterocycles. The number of hydrogen-bond acceptors (Lipinski definition) is 6. The van der Waals surface area contributed by atoms with Crippen molar-refractivity contribution in [1.82, 2.24) is 0 Å². The third-order valence-corrected chi connectivity index (χ3v) is 5.30. The first-order chi connectivity index (χ1) is 12.8. The molecule has 3 heterocycles. The van der Waals surface area contributed by atoms with Gasteiger partial charge >= 0.3 is 0 Å². The van der Waals surface area contributed by atoms with Crippen molar-refractivity contribution in [2.24, 2.45) is 11.8 Å². The van der Waals surface area contributed by atoms with Crippen molar-refractivity contribution < 1.29 is 28.8 Å². The molecule has 26 heavy (non-hydrogen) atoms. The minimum absolute atomic E-state index is 0.0285. The molecule has 3 atom stereocenters. The lowest BCUT2D eigenvalue weighted by atomic mass is 9.84. The van der Waals surface area contributed by atoms with Gasteiger partial charge in [-0.15, -0.1) is 0 Å². The summed E-state index contributed by atoms with van der Waals surface area (Å²) < 4.78 is 27.2. The summed E-state index contributed by atoms with van der Waals surface area (Å²) in [5.41, 5.74) is 2.27. The maximum Gasteiger partial charge on any atom is 0.231 e. The van der Waals surface area contributed by atoms with E-state index in [1.54, 1.807) is 0 Å². The van der Waals surface area contributed by atoms with E-state index in [-0.39, 0.29) is 25.4 Å². The summed E-state index contributed by atoms with van der Waals surface area (Å²) in [6.45, 7) is 1.09. The van der Waals surface area contributed by atoms with Gasteiger partial charge in [0.05, 0.1) is 6.61 Å². The molecule has 3 aliphatic rings. The molecule has 0 bridgehead atoms. The fourth-order valence-electron chi connectivity index (χ4n) is 3.89. The average Bonchev–Trinajstić information content (AvgIpc) is 3.37. The predicted molar refractivity (Wildman–Crippen MR) is 91.5 cm³/mol. The molecule has 1 N–H and O–H groups in total. The molecule has 2 aromatic rings. The zero-order valence-corrected chi connectivity index (χ0v) is 14.2. The normalized spacial score (nSPS) is 25.7. The second-order valence-electron chi connectivity index (χ2n) is 6.93. The van der Waals surface area contributed by atoms with Crippen LogP contribution in [0.15, 0.2) is 36.4 Å². The third-order valence-electron chi connectivity index (χ3n) is 5.30. The SMILES string of the molecule is OC1OC[C@@H](Cc2ccc3c(c2)OCO3)[C@@H]1Cc1ccc2c(c1)OCO2. The van der Waals surface area contributed by atoms with E-state index in [0.29, 0.717) is 6.61 Å². The molecule has 5 rings (SSSR count). The first-order valence-electron chi connectivity index (χ1n) is 8.83. The van der Waals surface area contributed by atoms with E-state index in [4.69, 9.17) is 23.7 Å². The number of aliphatic hydroxyl groups is 1. The van der Waals surface area contributed by atoms with E-state index in [1.807, 2.05) is 30.3 Å². The lowest BCUT2D eigenvalue weighted by Crippen LogP contribution is -2.24. The summed E-state index contributed by atoms with van der Waals surface area (Å²) in [4.78, 5) is 0. The molecular formula is C20H20O6. The Morgan fingerprint density at radius 1 is 0.769 bits per heavy atom. The zero-order valence-electron chi connectivity index (χ0n) is 14.2. The third kappa shape index (κ3) is 2.85. The summed E-state index contributed by atoms with van der Waals surface area (Å²) in [7, 11) is 0. The first-order valence-corrected chi connectivity index (χ1v) is 8.83. The van der Waals surface area contributed by atoms with Crippen molar-refractivity contribution >= 4 is 0 Å². The fraction of sp³-hybridized carbons (Fsp3) is 0.400. The molecule has 1 unspecified atom stereocenters. The maximum absolute atomic E-state index is 10.3. The van der Waals surface area contributed by atoms with Gasteiger partial charge in [0.15, 0.2) is 29.3 Å². The topological polar surface area (TPSA) is 66.4 Å². The van der Waals surface area contributed by atoms with Gasteiger partial charge in [-0.3, -0.25) is 0 Å². The Morgan fingerprint density at radius 3 is 2.00 bits per heavy atom. The van der Waals surface area contributed by atoms with Crippen LogP contribution in [-0.4, -0.2) is 31.6 Å². The largest absolute Gasteiger partial charge is 0.454 e. The van der Waals surface area contributed by atoms with Gasteiger partial charge in [-0.2, -0.15) is 0 Å². The van der Waals surface area contributed by atoms with Gasteiger partial charge in [-0.05, 0) is 54.2 Å². The highest BCUT2D eigenvalue weighted by molar-refractivity contribution is 5.45. The number of aliphatic hydroxyl groups excluding tert-OH is 1. The van der Waals surface area contributed by atoms with Crippen LogP contribution in [-0.2, 0) is 17.6 Å². The lowest BCUT2D eigenvalue weighted by molar-refractivity contribution is -0.0820. The number of benzene rings is 2. The van der Waals surface area contributed by atoms with E-state index in [0.717, 1.165) is 47.0 Å². The molecule has 1 fully saturated rings. The molecule has 0 radical (unpaired) electrons. The van der Waals surface area contributed by atoms with E-state index >= 15 is 0 Å². The van der Waals surface area contributed by atoms with Crippen molar-refractivity contribution in [3.8, 4) is 23.0 Å². The zero-order chi connectivity index (χ0) is 17.5. The Morgan fingerprint density at radius 2 is 1.35 bits per heavy atom. The lowest BCUT2D eigenvalue weighted by Gasteiger charge is -2.20. The van der Waals surface area contributed by atoms with E-state index in [9.17, 15) is 5.11 Å². The summed E-state index contributed by atoms with van der Waals surface area (Å²) in [6, 6.07) is 11.9. The van der Waals surface area contributed by atoms with Crippen LogP contribution in [0, 0.1) is 11.8 Å². The van der Waals surface area contributed by atoms with Crippen LogP contribution >= 0.6 is 0 Å². The van der Waals surface area contributed by atoms with E-state index < -0.39 is 6.29 Å². The van der Waals surface area contributed by atoms with Gasteiger partial charge in [-0.1, -0.05) is 12.1 Å². The maximum atomic E-state index is 10.3. The van der Waals surface area contributed by atoms with Gasteiger partial charge in [0.1, 0.15) is 0 Å². The average molecular weight is 356 g/mol. The Kier molecular flexibility index (Phi) is 3.87. The van der Waals surface area contributed by atoms with Gasteiger partial charge in [-0.25, -0.2) is 0 Å². The monoisotopic (exact) mass is 356 g/mol. The molecule has 0 aliphatic carbocycles. The van der Waals surface area contributed by atoms with Gasteiger partial charge in [0.25, 0.3) is 0 Å². The van der Waals surface area contributed by atoms with Gasteiger partial charge < -0.3 is 28.8 Å². The molecule has 0 amide bonds. The molecule has 0 spiro atoms. The van der Waals surface area contributed by atoms with Crippen LogP contribution < -0.4 is 18.9 Å². The molecule has 1 saturated heterocycles. The van der Waals surface area contributed by atoms with Crippen molar-refractivity contribution in [1.29, 1.82) is 0 Å². The molecule has 136 valence electrons. The van der Waals surface area contributed by atoms with Crippen molar-refractivity contribution in [3.05, 3.63) is 47.5 Å². The van der Waals surface area contributed by atoms with Crippen molar-refractivity contribution in [3.63, 3.8) is 0 Å². The Bertz CT molecular complexity index is 820. The van der Waals surface area contributed by atoms with Crippen LogP contribution in [0.1, 0.15) is 11.1 Å². The Labute approximate surface area is 151 Å². The van der Waals surface area contributed by atoms with Gasteiger partial charge in [0.2, 0.25) is 13.6 Å².